The van der Waals surface area contributed by atoms with Gasteiger partial charge in [-0.1, -0.05) is 41.8 Å². The minimum atomic E-state index is -0.268. The third kappa shape index (κ3) is 3.43. The first-order chi connectivity index (χ1) is 14.0. The molecule has 1 saturated heterocycles. The smallest absolute Gasteiger partial charge is 0.272 e. The molecule has 2 aromatic rings. The molecule has 6 nitrogen and oxygen atoms in total. The number of thiocarbonyl (C=S) groups is 1. The van der Waals surface area contributed by atoms with Gasteiger partial charge in [0.05, 0.1) is 12.8 Å². The van der Waals surface area contributed by atoms with Crippen LogP contribution >= 0.6 is 47.1 Å². The van der Waals surface area contributed by atoms with E-state index in [1.165, 1.54) is 23.1 Å². The van der Waals surface area contributed by atoms with Gasteiger partial charge < -0.3 is 15.0 Å². The highest BCUT2D eigenvalue weighted by atomic mass is 32.2. The first-order valence-corrected chi connectivity index (χ1v) is 11.6. The lowest BCUT2D eigenvalue weighted by atomic mass is 10.2. The molecule has 10 heteroatoms. The molecule has 1 N–H and O–H groups in total. The van der Waals surface area contributed by atoms with Gasteiger partial charge in [-0.25, -0.2) is 0 Å². The second-order valence-electron chi connectivity index (χ2n) is 6.10. The summed E-state index contributed by atoms with van der Waals surface area (Å²) in [5.74, 6) is 0.498. The van der Waals surface area contributed by atoms with E-state index in [9.17, 15) is 9.59 Å². The Morgan fingerprint density at radius 3 is 2.72 bits per heavy atom. The number of thiazole rings is 1. The molecule has 0 spiro atoms. The van der Waals surface area contributed by atoms with Crippen LogP contribution in [0.25, 0.3) is 9.93 Å². The lowest BCUT2D eigenvalue weighted by molar-refractivity contribution is -0.113. The summed E-state index contributed by atoms with van der Waals surface area (Å²) in [7, 11) is 1.64. The van der Waals surface area contributed by atoms with Gasteiger partial charge in [0, 0.05) is 24.1 Å². The lowest BCUT2D eigenvalue weighted by Crippen LogP contribution is -2.35. The van der Waals surface area contributed by atoms with E-state index in [0.717, 1.165) is 21.4 Å². The van der Waals surface area contributed by atoms with Gasteiger partial charge in [-0.3, -0.25) is 14.2 Å². The molecule has 4 rings (SSSR count). The fourth-order valence-corrected chi connectivity index (χ4v) is 6.83. The number of hydrogen-bond donors (Lipinski definition) is 1. The Balaban J connectivity index is 2.00. The van der Waals surface area contributed by atoms with Crippen LogP contribution in [-0.4, -0.2) is 28.4 Å². The van der Waals surface area contributed by atoms with Gasteiger partial charge in [-0.2, -0.15) is 0 Å². The molecule has 150 valence electrons. The van der Waals surface area contributed by atoms with Crippen LogP contribution in [0.1, 0.15) is 6.92 Å². The molecular formula is C19H17N3O3S4. The molecule has 2 aliphatic heterocycles. The number of allylic oxidation sites excluding steroid dienone is 1. The van der Waals surface area contributed by atoms with Gasteiger partial charge in [0.1, 0.15) is 29.2 Å². The maximum atomic E-state index is 13.3. The largest absolute Gasteiger partial charge is 0.497 e. The summed E-state index contributed by atoms with van der Waals surface area (Å²) in [4.78, 5) is 29.3. The second kappa shape index (κ2) is 8.02. The van der Waals surface area contributed by atoms with Crippen molar-refractivity contribution in [2.45, 2.75) is 18.4 Å². The van der Waals surface area contributed by atoms with E-state index < -0.39 is 0 Å². The fraction of sp³-hybridized carbons (Fsp3) is 0.211. The molecule has 0 saturated carbocycles. The van der Waals surface area contributed by atoms with E-state index in [1.807, 2.05) is 25.1 Å². The normalized spacial score (nSPS) is 19.4. The van der Waals surface area contributed by atoms with Crippen LogP contribution in [-0.2, 0) is 11.3 Å². The van der Waals surface area contributed by atoms with E-state index in [-0.39, 0.29) is 11.5 Å². The van der Waals surface area contributed by atoms with Crippen LogP contribution in [0.3, 0.4) is 0 Å². The highest BCUT2D eigenvalue weighted by Gasteiger charge is 2.29. The number of carbonyl (C=O) groups is 1. The summed E-state index contributed by atoms with van der Waals surface area (Å²) in [6.45, 7) is 6.82. The van der Waals surface area contributed by atoms with Crippen molar-refractivity contribution in [1.29, 1.82) is 0 Å². The Hall–Kier alpha value is -2.01. The van der Waals surface area contributed by atoms with E-state index in [1.54, 1.807) is 29.5 Å². The molecule has 1 aromatic carbocycles. The van der Waals surface area contributed by atoms with E-state index in [2.05, 4.69) is 16.8 Å². The van der Waals surface area contributed by atoms with Crippen LogP contribution in [0.15, 0.2) is 40.5 Å². The summed E-state index contributed by atoms with van der Waals surface area (Å²) >= 11 is 9.18. The van der Waals surface area contributed by atoms with Crippen LogP contribution in [0.5, 0.6) is 5.75 Å². The molecule has 1 fully saturated rings. The fourth-order valence-electron chi connectivity index (χ4n) is 3.14. The molecule has 1 aromatic heterocycles. The maximum Gasteiger partial charge on any atom is 0.272 e. The Bertz CT molecular complexity index is 1230. The van der Waals surface area contributed by atoms with Crippen LogP contribution in [0.4, 0.5) is 5.69 Å². The van der Waals surface area contributed by atoms with Crippen LogP contribution in [0, 0.1) is 0 Å². The third-order valence-corrected chi connectivity index (χ3v) is 8.28. The lowest BCUT2D eigenvalue weighted by Gasteiger charge is -2.17. The van der Waals surface area contributed by atoms with Crippen molar-refractivity contribution in [1.82, 2.24) is 9.88 Å². The van der Waals surface area contributed by atoms with Crippen molar-refractivity contribution in [3.05, 3.63) is 50.4 Å². The van der Waals surface area contributed by atoms with Crippen molar-refractivity contribution in [3.63, 3.8) is 0 Å². The van der Waals surface area contributed by atoms with Gasteiger partial charge in [-0.15, -0.1) is 17.9 Å². The standard InChI is InChI=1S/C19H17N3O3S4/c1-4-8-22-16(24)14(28-17(22)13-15(23)20-19(26)29-13)18-21(5-2)11-9-10(25-3)6-7-12(11)27-18/h4,6-7,9H,1,5,8H2,2-3H3,(H,20,23,26)/b17-13-,18-14-. The summed E-state index contributed by atoms with van der Waals surface area (Å²) in [5, 5.41) is 3.49. The highest BCUT2D eigenvalue weighted by molar-refractivity contribution is 8.30. The minimum absolute atomic E-state index is 0.135. The number of fused-ring (bicyclic) bond motifs is 1. The number of nitrogens with one attached hydrogen (secondary N) is 1. The van der Waals surface area contributed by atoms with E-state index in [4.69, 9.17) is 17.0 Å². The molecule has 1 amide bonds. The number of ether oxygens (including phenoxy) is 1. The van der Waals surface area contributed by atoms with Crippen molar-refractivity contribution in [2.75, 3.05) is 18.6 Å². The Morgan fingerprint density at radius 2 is 2.10 bits per heavy atom. The number of thioether (sulfide) groups is 2. The predicted molar refractivity (Wildman–Crippen MR) is 125 cm³/mol. The number of carbonyl (C=O) groups excluding carboxylic acids is 1. The second-order valence-corrected chi connectivity index (χ2v) is 9.82. The maximum absolute atomic E-state index is 13.3. The van der Waals surface area contributed by atoms with Crippen molar-refractivity contribution >= 4 is 72.9 Å². The van der Waals surface area contributed by atoms with E-state index in [0.29, 0.717) is 31.5 Å². The van der Waals surface area contributed by atoms with Crippen molar-refractivity contribution in [3.8, 4) is 5.75 Å². The molecule has 2 aliphatic rings. The van der Waals surface area contributed by atoms with Crippen LogP contribution < -0.4 is 29.7 Å². The molecule has 0 radical (unpaired) electrons. The average molecular weight is 464 g/mol. The zero-order chi connectivity index (χ0) is 20.7. The molecular weight excluding hydrogens is 446 g/mol. The first kappa shape index (κ1) is 20.3. The predicted octanol–water partition coefficient (Wildman–Crippen LogP) is 2.06. The zero-order valence-electron chi connectivity index (χ0n) is 15.7. The third-order valence-electron chi connectivity index (χ3n) is 4.42. The number of hydrogen-bond acceptors (Lipinski definition) is 8. The monoisotopic (exact) mass is 463 g/mol. The molecule has 0 aliphatic carbocycles. The summed E-state index contributed by atoms with van der Waals surface area (Å²) in [6, 6.07) is 5.89. The first-order valence-electron chi connectivity index (χ1n) is 8.74. The Labute approximate surface area is 184 Å². The van der Waals surface area contributed by atoms with Gasteiger partial charge in [0.2, 0.25) is 0 Å². The minimum Gasteiger partial charge on any atom is -0.497 e. The summed E-state index contributed by atoms with van der Waals surface area (Å²) < 4.78 is 8.55. The summed E-state index contributed by atoms with van der Waals surface area (Å²) in [6.07, 6.45) is 1.65. The van der Waals surface area contributed by atoms with E-state index >= 15 is 0 Å². The van der Waals surface area contributed by atoms with Gasteiger partial charge >= 0.3 is 0 Å². The average Bonchev–Trinajstić information content (AvgIpc) is 3.34. The number of anilines is 1. The topological polar surface area (TPSA) is 63.6 Å². The number of aromatic nitrogens is 1. The van der Waals surface area contributed by atoms with Gasteiger partial charge in [0.25, 0.3) is 11.5 Å². The Morgan fingerprint density at radius 1 is 1.31 bits per heavy atom. The molecule has 0 unspecified atom stereocenters. The number of methoxy groups -OCH3 is 1. The van der Waals surface area contributed by atoms with Crippen molar-refractivity contribution < 1.29 is 9.53 Å². The number of nitrogens with zero attached hydrogens (tertiary/aromatic N) is 2. The zero-order valence-corrected chi connectivity index (χ0v) is 18.9. The summed E-state index contributed by atoms with van der Waals surface area (Å²) in [5.41, 5.74) is 0.877. The van der Waals surface area contributed by atoms with Gasteiger partial charge in [-0.05, 0) is 19.1 Å². The van der Waals surface area contributed by atoms with Gasteiger partial charge in [0.15, 0.2) is 0 Å². The molecule has 0 atom stereocenters. The van der Waals surface area contributed by atoms with Crippen molar-refractivity contribution in [2.24, 2.45) is 0 Å². The van der Waals surface area contributed by atoms with Crippen LogP contribution in [0.2, 0.25) is 0 Å². The molecule has 0 bridgehead atoms. The highest BCUT2D eigenvalue weighted by Crippen LogP contribution is 2.47. The number of benzene rings is 1. The molecule has 3 heterocycles. The SMILES string of the molecule is C=CCn1c(=O)/c(=C2/Sc3ccc(OC)cc3N2CC)s/c1=C1\SC(=S)NC1=O. The number of amides is 1. The Kier molecular flexibility index (Phi) is 5.60. The number of rotatable bonds is 4. The quantitative estimate of drug-likeness (QED) is 0.550. The molecule has 29 heavy (non-hydrogen) atoms.